The van der Waals surface area contributed by atoms with Gasteiger partial charge in [-0.25, -0.2) is 9.97 Å². The first-order chi connectivity index (χ1) is 8.00. The molecule has 17 heavy (non-hydrogen) atoms. The average molecular weight is 251 g/mol. The lowest BCUT2D eigenvalue weighted by atomic mass is 10.0. The van der Waals surface area contributed by atoms with Crippen LogP contribution in [-0.4, -0.2) is 9.97 Å². The molecule has 2 aromatic heterocycles. The van der Waals surface area contributed by atoms with Gasteiger partial charge in [-0.3, -0.25) is 0 Å². The Morgan fingerprint density at radius 2 is 1.94 bits per heavy atom. The number of nitrogens with zero attached hydrogens (tertiary/aromatic N) is 2. The zero-order valence-corrected chi connectivity index (χ0v) is 11.2. The van der Waals surface area contributed by atoms with E-state index in [0.717, 1.165) is 16.8 Å². The van der Waals surface area contributed by atoms with Crippen molar-refractivity contribution in [3.05, 3.63) is 34.3 Å². The first-order valence-electron chi connectivity index (χ1n) is 5.59. The van der Waals surface area contributed by atoms with Crippen LogP contribution in [0.2, 0.25) is 5.15 Å². The van der Waals surface area contributed by atoms with Crippen LogP contribution in [0.5, 0.6) is 0 Å². The van der Waals surface area contributed by atoms with Crippen LogP contribution >= 0.6 is 11.6 Å². The molecule has 3 nitrogen and oxygen atoms in total. The molecule has 0 spiro atoms. The number of aryl methyl sites for hydroxylation is 2. The van der Waals surface area contributed by atoms with E-state index in [9.17, 15) is 0 Å². The van der Waals surface area contributed by atoms with E-state index < -0.39 is 0 Å². The van der Waals surface area contributed by atoms with Crippen LogP contribution in [0.3, 0.4) is 0 Å². The SMILES string of the molecule is Cc1ccoc1-c1nc(C)c(C(C)C)c(Cl)n1. The largest absolute Gasteiger partial charge is 0.461 e. The summed E-state index contributed by atoms with van der Waals surface area (Å²) < 4.78 is 5.38. The molecular formula is C13H15ClN2O. The molecule has 0 unspecified atom stereocenters. The van der Waals surface area contributed by atoms with Gasteiger partial charge in [-0.15, -0.1) is 0 Å². The summed E-state index contributed by atoms with van der Waals surface area (Å²) in [6.45, 7) is 8.07. The predicted octanol–water partition coefficient (Wildman–Crippen LogP) is 4.13. The number of furan rings is 1. The third-order valence-corrected chi connectivity index (χ3v) is 3.02. The molecule has 2 aromatic rings. The summed E-state index contributed by atoms with van der Waals surface area (Å²) >= 11 is 6.21. The number of aromatic nitrogens is 2. The van der Waals surface area contributed by atoms with Crippen LogP contribution in [0.25, 0.3) is 11.6 Å². The molecule has 0 amide bonds. The van der Waals surface area contributed by atoms with E-state index in [1.54, 1.807) is 6.26 Å². The Hall–Kier alpha value is -1.35. The molecule has 2 heterocycles. The van der Waals surface area contributed by atoms with Gasteiger partial charge in [0.2, 0.25) is 0 Å². The zero-order valence-electron chi connectivity index (χ0n) is 10.4. The van der Waals surface area contributed by atoms with E-state index in [-0.39, 0.29) is 0 Å². The third-order valence-electron chi connectivity index (χ3n) is 2.73. The highest BCUT2D eigenvalue weighted by atomic mass is 35.5. The van der Waals surface area contributed by atoms with Crippen molar-refractivity contribution in [3.63, 3.8) is 0 Å². The monoisotopic (exact) mass is 250 g/mol. The number of hydrogen-bond donors (Lipinski definition) is 0. The van der Waals surface area contributed by atoms with Crippen molar-refractivity contribution in [3.8, 4) is 11.6 Å². The molecule has 0 aliphatic heterocycles. The maximum Gasteiger partial charge on any atom is 0.197 e. The Morgan fingerprint density at radius 1 is 1.24 bits per heavy atom. The molecule has 0 bridgehead atoms. The van der Waals surface area contributed by atoms with Crippen LogP contribution in [0, 0.1) is 13.8 Å². The standard InChI is InChI=1S/C13H15ClN2O/c1-7(2)10-9(4)15-13(16-12(10)14)11-8(3)5-6-17-11/h5-7H,1-4H3. The maximum atomic E-state index is 6.21. The second kappa shape index (κ2) is 4.49. The summed E-state index contributed by atoms with van der Waals surface area (Å²) in [5.41, 5.74) is 2.92. The van der Waals surface area contributed by atoms with Crippen LogP contribution in [-0.2, 0) is 0 Å². The summed E-state index contributed by atoms with van der Waals surface area (Å²) in [5.74, 6) is 1.55. The van der Waals surface area contributed by atoms with Crippen LogP contribution in [0.4, 0.5) is 0 Å². The average Bonchev–Trinajstić information content (AvgIpc) is 2.62. The molecule has 4 heteroatoms. The van der Waals surface area contributed by atoms with Gasteiger partial charge in [-0.2, -0.15) is 0 Å². The number of hydrogen-bond acceptors (Lipinski definition) is 3. The summed E-state index contributed by atoms with van der Waals surface area (Å²) in [7, 11) is 0. The Morgan fingerprint density at radius 3 is 2.41 bits per heavy atom. The summed E-state index contributed by atoms with van der Waals surface area (Å²) in [5, 5.41) is 0.512. The molecule has 0 aromatic carbocycles. The van der Waals surface area contributed by atoms with Crippen molar-refractivity contribution in [2.45, 2.75) is 33.6 Å². The Balaban J connectivity index is 2.57. The van der Waals surface area contributed by atoms with Gasteiger partial charge in [0.1, 0.15) is 5.15 Å². The Kier molecular flexibility index (Phi) is 3.20. The van der Waals surface area contributed by atoms with Gasteiger partial charge in [0.25, 0.3) is 0 Å². The molecule has 0 aliphatic rings. The van der Waals surface area contributed by atoms with Crippen molar-refractivity contribution >= 4 is 11.6 Å². The van der Waals surface area contributed by atoms with Gasteiger partial charge in [-0.05, 0) is 31.4 Å². The van der Waals surface area contributed by atoms with Crippen LogP contribution < -0.4 is 0 Å². The third kappa shape index (κ3) is 2.20. The van der Waals surface area contributed by atoms with Gasteiger partial charge in [0.15, 0.2) is 11.6 Å². The summed E-state index contributed by atoms with van der Waals surface area (Å²) in [6.07, 6.45) is 1.63. The first-order valence-corrected chi connectivity index (χ1v) is 5.97. The van der Waals surface area contributed by atoms with E-state index in [4.69, 9.17) is 16.0 Å². The van der Waals surface area contributed by atoms with Gasteiger partial charge < -0.3 is 4.42 Å². The number of rotatable bonds is 2. The molecule has 0 aliphatic carbocycles. The highest BCUT2D eigenvalue weighted by molar-refractivity contribution is 6.30. The molecule has 0 radical (unpaired) electrons. The fraction of sp³-hybridized carbons (Fsp3) is 0.385. The van der Waals surface area contributed by atoms with E-state index in [2.05, 4.69) is 23.8 Å². The van der Waals surface area contributed by atoms with Gasteiger partial charge >= 0.3 is 0 Å². The lowest BCUT2D eigenvalue weighted by Crippen LogP contribution is -2.01. The molecule has 0 fully saturated rings. The molecule has 0 saturated heterocycles. The minimum atomic E-state index is 0.314. The van der Waals surface area contributed by atoms with Gasteiger partial charge in [0, 0.05) is 11.3 Å². The van der Waals surface area contributed by atoms with Crippen molar-refractivity contribution in [1.29, 1.82) is 0 Å². The lowest BCUT2D eigenvalue weighted by Gasteiger charge is -2.11. The van der Waals surface area contributed by atoms with Gasteiger partial charge in [0.05, 0.1) is 6.26 Å². The summed E-state index contributed by atoms with van der Waals surface area (Å²) in [6, 6.07) is 1.89. The first kappa shape index (κ1) is 12.1. The fourth-order valence-corrected chi connectivity index (χ4v) is 2.34. The maximum absolute atomic E-state index is 6.21. The number of halogens is 1. The zero-order chi connectivity index (χ0) is 12.6. The van der Waals surface area contributed by atoms with E-state index in [0.29, 0.717) is 22.7 Å². The van der Waals surface area contributed by atoms with Crippen molar-refractivity contribution in [1.82, 2.24) is 9.97 Å². The highest BCUT2D eigenvalue weighted by Crippen LogP contribution is 2.29. The van der Waals surface area contributed by atoms with Crippen LogP contribution in [0.1, 0.15) is 36.6 Å². The van der Waals surface area contributed by atoms with Crippen molar-refractivity contribution in [2.75, 3.05) is 0 Å². The van der Waals surface area contributed by atoms with E-state index >= 15 is 0 Å². The second-order valence-electron chi connectivity index (χ2n) is 4.42. The molecule has 2 rings (SSSR count). The Bertz CT molecular complexity index is 523. The Labute approximate surface area is 106 Å². The van der Waals surface area contributed by atoms with Crippen molar-refractivity contribution in [2.24, 2.45) is 0 Å². The molecule has 0 saturated carbocycles. The quantitative estimate of drug-likeness (QED) is 0.753. The molecule has 0 atom stereocenters. The molecule has 90 valence electrons. The predicted molar refractivity (Wildman–Crippen MR) is 68.3 cm³/mol. The second-order valence-corrected chi connectivity index (χ2v) is 4.78. The smallest absolute Gasteiger partial charge is 0.197 e. The minimum Gasteiger partial charge on any atom is -0.461 e. The van der Waals surface area contributed by atoms with Crippen molar-refractivity contribution < 1.29 is 4.42 Å². The minimum absolute atomic E-state index is 0.314. The molecule has 0 N–H and O–H groups in total. The topological polar surface area (TPSA) is 38.9 Å². The van der Waals surface area contributed by atoms with Gasteiger partial charge in [-0.1, -0.05) is 25.4 Å². The lowest BCUT2D eigenvalue weighted by molar-refractivity contribution is 0.575. The van der Waals surface area contributed by atoms with E-state index in [1.165, 1.54) is 0 Å². The highest BCUT2D eigenvalue weighted by Gasteiger charge is 2.16. The fourth-order valence-electron chi connectivity index (χ4n) is 1.91. The normalized spacial score (nSPS) is 11.2. The van der Waals surface area contributed by atoms with Crippen LogP contribution in [0.15, 0.2) is 16.7 Å². The molecular weight excluding hydrogens is 236 g/mol. The van der Waals surface area contributed by atoms with E-state index in [1.807, 2.05) is 19.9 Å². The summed E-state index contributed by atoms with van der Waals surface area (Å²) in [4.78, 5) is 8.79.